The lowest BCUT2D eigenvalue weighted by Crippen LogP contribution is -2.67. The van der Waals surface area contributed by atoms with Gasteiger partial charge in [-0.3, -0.25) is 4.90 Å². The molecular weight excluding hydrogens is 654 g/mol. The number of carbonyl (C=O) groups is 1. The second kappa shape index (κ2) is 16.1. The van der Waals surface area contributed by atoms with Gasteiger partial charge in [0.2, 0.25) is 0 Å². The molecule has 0 radical (unpaired) electrons. The van der Waals surface area contributed by atoms with Gasteiger partial charge in [0.25, 0.3) is 8.32 Å². The van der Waals surface area contributed by atoms with E-state index in [2.05, 4.69) is 79.5 Å². The van der Waals surface area contributed by atoms with Crippen LogP contribution in [0, 0.1) is 0 Å². The van der Waals surface area contributed by atoms with Gasteiger partial charge in [0.1, 0.15) is 23.4 Å². The first-order chi connectivity index (χ1) is 23.5. The van der Waals surface area contributed by atoms with Crippen LogP contribution < -0.4 is 29.9 Å². The van der Waals surface area contributed by atoms with Crippen molar-refractivity contribution in [3.05, 3.63) is 108 Å². The van der Waals surface area contributed by atoms with Gasteiger partial charge < -0.3 is 28.9 Å². The Hall–Kier alpha value is -4.02. The van der Waals surface area contributed by atoms with E-state index in [-0.39, 0.29) is 23.2 Å². The van der Waals surface area contributed by atoms with E-state index < -0.39 is 8.32 Å². The Labute approximate surface area is 297 Å². The van der Waals surface area contributed by atoms with Gasteiger partial charge >= 0.3 is 6.03 Å². The molecule has 1 heterocycles. The largest absolute Gasteiger partial charge is 0.497 e. The molecule has 0 bridgehead atoms. The second-order valence-electron chi connectivity index (χ2n) is 13.5. The number of hydrogen-bond donors (Lipinski definition) is 1. The molecule has 0 aliphatic carbocycles. The molecular formula is C39H48ClN3O5Si. The lowest BCUT2D eigenvalue weighted by Gasteiger charge is -2.45. The van der Waals surface area contributed by atoms with Crippen molar-refractivity contribution in [2.45, 2.75) is 44.4 Å². The number of nitrogens with zero attached hydrogens (tertiary/aromatic N) is 2. The van der Waals surface area contributed by atoms with Gasteiger partial charge in [-0.1, -0.05) is 93.0 Å². The summed E-state index contributed by atoms with van der Waals surface area (Å²) in [4.78, 5) is 18.0. The summed E-state index contributed by atoms with van der Waals surface area (Å²) in [7, 11) is 2.18. The van der Waals surface area contributed by atoms with E-state index in [1.807, 2.05) is 43.4 Å². The maximum absolute atomic E-state index is 13.9. The number of rotatable bonds is 14. The predicted molar refractivity (Wildman–Crippen MR) is 201 cm³/mol. The minimum absolute atomic E-state index is 0.108. The number of anilines is 1. The van der Waals surface area contributed by atoms with Gasteiger partial charge in [0.15, 0.2) is 0 Å². The lowest BCUT2D eigenvalue weighted by atomic mass is 10.1. The molecule has 0 spiro atoms. The first-order valence-electron chi connectivity index (χ1n) is 16.7. The summed E-state index contributed by atoms with van der Waals surface area (Å²) in [5, 5.41) is 5.95. The molecule has 2 amide bonds. The topological polar surface area (TPSA) is 72.5 Å². The molecule has 4 aromatic rings. The highest BCUT2D eigenvalue weighted by Gasteiger charge is 2.50. The van der Waals surface area contributed by atoms with Crippen LogP contribution >= 0.6 is 11.6 Å². The molecule has 8 nitrogen and oxygen atoms in total. The maximum atomic E-state index is 13.9. The average molecular weight is 702 g/mol. The fourth-order valence-corrected chi connectivity index (χ4v) is 11.2. The van der Waals surface area contributed by atoms with Crippen LogP contribution in [0.25, 0.3) is 0 Å². The SMILES string of the molecule is COc1cc(NC(=O)N(C)[C@@H](CCN2CC(Oc3ccc(Cl)cc3)C2)CO[Si](c2ccccc2)(c2ccccc2)C(C)(C)C)cc(OC)c1. The Morgan fingerprint density at radius 1 is 0.878 bits per heavy atom. The highest BCUT2D eigenvalue weighted by molar-refractivity contribution is 6.99. The summed E-state index contributed by atoms with van der Waals surface area (Å²) >= 11 is 6.04. The van der Waals surface area contributed by atoms with Crippen molar-refractivity contribution in [1.29, 1.82) is 0 Å². The zero-order valence-electron chi connectivity index (χ0n) is 29.3. The van der Waals surface area contributed by atoms with Crippen molar-refractivity contribution < 1.29 is 23.4 Å². The second-order valence-corrected chi connectivity index (χ2v) is 18.3. The van der Waals surface area contributed by atoms with Crippen LogP contribution in [0.1, 0.15) is 27.2 Å². The highest BCUT2D eigenvalue weighted by Crippen LogP contribution is 2.37. The van der Waals surface area contributed by atoms with Crippen molar-refractivity contribution in [3.63, 3.8) is 0 Å². The molecule has 0 saturated carbocycles. The number of nitrogens with one attached hydrogen (secondary N) is 1. The Kier molecular flexibility index (Phi) is 11.9. The molecule has 0 unspecified atom stereocenters. The number of likely N-dealkylation sites (tertiary alicyclic amines) is 1. The number of ether oxygens (including phenoxy) is 3. The third kappa shape index (κ3) is 8.77. The minimum Gasteiger partial charge on any atom is -0.497 e. The third-order valence-electron chi connectivity index (χ3n) is 9.20. The maximum Gasteiger partial charge on any atom is 0.321 e. The fraction of sp³-hybridized carbons (Fsp3) is 0.359. The quantitative estimate of drug-likeness (QED) is 0.144. The zero-order chi connectivity index (χ0) is 35.0. The monoisotopic (exact) mass is 701 g/mol. The summed E-state index contributed by atoms with van der Waals surface area (Å²) in [5.74, 6) is 2.00. The minimum atomic E-state index is -2.83. The molecule has 1 fully saturated rings. The van der Waals surface area contributed by atoms with E-state index in [1.54, 1.807) is 37.3 Å². The van der Waals surface area contributed by atoms with E-state index >= 15 is 0 Å². The van der Waals surface area contributed by atoms with Crippen LogP contribution in [0.2, 0.25) is 10.1 Å². The fourth-order valence-electron chi connectivity index (χ4n) is 6.45. The average Bonchev–Trinajstić information content (AvgIpc) is 3.09. The molecule has 49 heavy (non-hydrogen) atoms. The summed E-state index contributed by atoms with van der Waals surface area (Å²) < 4.78 is 24.3. The van der Waals surface area contributed by atoms with E-state index in [0.29, 0.717) is 28.8 Å². The van der Waals surface area contributed by atoms with Crippen molar-refractivity contribution >= 4 is 42.0 Å². The van der Waals surface area contributed by atoms with E-state index in [4.69, 9.17) is 30.2 Å². The molecule has 1 saturated heterocycles. The molecule has 0 aromatic heterocycles. The first kappa shape index (κ1) is 36.3. The normalized spacial score (nSPS) is 14.4. The van der Waals surface area contributed by atoms with Crippen LogP contribution in [0.4, 0.5) is 10.5 Å². The number of methoxy groups -OCH3 is 2. The Bertz CT molecular complexity index is 1590. The smallest absolute Gasteiger partial charge is 0.321 e. The van der Waals surface area contributed by atoms with Crippen LogP contribution in [0.5, 0.6) is 17.2 Å². The first-order valence-corrected chi connectivity index (χ1v) is 19.0. The lowest BCUT2D eigenvalue weighted by molar-refractivity contribution is 0.0140. The van der Waals surface area contributed by atoms with Crippen LogP contribution in [-0.4, -0.2) is 83.8 Å². The number of amides is 2. The molecule has 1 atom stereocenters. The molecule has 1 N–H and O–H groups in total. The number of urea groups is 1. The molecule has 260 valence electrons. The van der Waals surface area contributed by atoms with Gasteiger partial charge in [-0.15, -0.1) is 0 Å². The Balaban J connectivity index is 1.37. The van der Waals surface area contributed by atoms with Crippen LogP contribution in [0.15, 0.2) is 103 Å². The third-order valence-corrected chi connectivity index (χ3v) is 14.5. The van der Waals surface area contributed by atoms with Gasteiger partial charge in [-0.25, -0.2) is 4.79 Å². The van der Waals surface area contributed by atoms with Gasteiger partial charge in [-0.05, 0) is 46.1 Å². The summed E-state index contributed by atoms with van der Waals surface area (Å²) in [5.41, 5.74) is 0.588. The van der Waals surface area contributed by atoms with Crippen molar-refractivity contribution in [2.24, 2.45) is 0 Å². The standard InChI is InChI=1S/C39H48ClN3O5Si/c1-39(2,3)49(36-13-9-7-10-14-36,37-15-11-8-12-16-37)47-28-31(21-22-43-26-35(27-43)48-32-19-17-29(40)18-20-32)42(4)38(44)41-30-23-33(45-5)25-34(24-30)46-6/h7-20,23-25,31,35H,21-22,26-28H2,1-6H3,(H,41,44)/t31-/m0/s1. The number of benzene rings is 4. The molecule has 1 aliphatic heterocycles. The van der Waals surface area contributed by atoms with Gasteiger partial charge in [-0.2, -0.15) is 0 Å². The summed E-state index contributed by atoms with van der Waals surface area (Å²) in [6, 6.07) is 33.5. The highest BCUT2D eigenvalue weighted by atomic mass is 35.5. The molecule has 5 rings (SSSR count). The van der Waals surface area contributed by atoms with E-state index in [0.717, 1.165) is 31.8 Å². The van der Waals surface area contributed by atoms with E-state index in [1.165, 1.54) is 10.4 Å². The van der Waals surface area contributed by atoms with Crippen molar-refractivity contribution in [3.8, 4) is 17.2 Å². The van der Waals surface area contributed by atoms with Crippen molar-refractivity contribution in [1.82, 2.24) is 9.80 Å². The van der Waals surface area contributed by atoms with Crippen LogP contribution in [0.3, 0.4) is 0 Å². The zero-order valence-corrected chi connectivity index (χ0v) is 31.1. The number of likely N-dealkylation sites (N-methyl/N-ethyl adjacent to an activating group) is 1. The number of hydrogen-bond acceptors (Lipinski definition) is 6. The number of halogens is 1. The summed E-state index contributed by atoms with van der Waals surface area (Å²) in [6.07, 6.45) is 0.828. The van der Waals surface area contributed by atoms with Crippen LogP contribution in [-0.2, 0) is 4.43 Å². The van der Waals surface area contributed by atoms with Gasteiger partial charge in [0.05, 0.1) is 26.9 Å². The summed E-state index contributed by atoms with van der Waals surface area (Å²) in [6.45, 7) is 9.58. The molecule has 10 heteroatoms. The van der Waals surface area contributed by atoms with Crippen molar-refractivity contribution in [2.75, 3.05) is 52.8 Å². The predicted octanol–water partition coefficient (Wildman–Crippen LogP) is 6.92. The molecule has 1 aliphatic rings. The Morgan fingerprint density at radius 2 is 1.43 bits per heavy atom. The molecule has 4 aromatic carbocycles. The van der Waals surface area contributed by atoms with Gasteiger partial charge in [0, 0.05) is 55.6 Å². The van der Waals surface area contributed by atoms with E-state index in [9.17, 15) is 4.79 Å². The Morgan fingerprint density at radius 3 is 1.94 bits per heavy atom. The number of carbonyl (C=O) groups excluding carboxylic acids is 1.